The molecule has 0 unspecified atom stereocenters. The van der Waals surface area contributed by atoms with E-state index >= 15 is 0 Å². The summed E-state index contributed by atoms with van der Waals surface area (Å²) >= 11 is 0. The van der Waals surface area contributed by atoms with Crippen LogP contribution in [0.1, 0.15) is 5.56 Å². The van der Waals surface area contributed by atoms with E-state index in [-0.39, 0.29) is 34.8 Å². The number of nitrogens with zero attached hydrogens (tertiary/aromatic N) is 2. The second-order valence-corrected chi connectivity index (χ2v) is 6.49. The van der Waals surface area contributed by atoms with Crippen molar-refractivity contribution in [1.82, 2.24) is 9.55 Å². The van der Waals surface area contributed by atoms with Crippen LogP contribution < -0.4 is 5.56 Å². The summed E-state index contributed by atoms with van der Waals surface area (Å²) in [6.45, 7) is 0.241. The number of halogens is 1. The van der Waals surface area contributed by atoms with Gasteiger partial charge < -0.3 is 10.2 Å². The van der Waals surface area contributed by atoms with Crippen molar-refractivity contribution < 1.29 is 14.6 Å². The summed E-state index contributed by atoms with van der Waals surface area (Å²) in [5, 5.41) is 20.3. The molecule has 2 N–H and O–H groups in total. The lowest BCUT2D eigenvalue weighted by molar-refractivity contribution is 0.475. The number of aryl methyl sites for hydroxylation is 1. The molecule has 0 aliphatic heterocycles. The Bertz CT molecular complexity index is 1230. The van der Waals surface area contributed by atoms with Gasteiger partial charge in [-0.3, -0.25) is 9.36 Å². The molecule has 1 aromatic heterocycles. The molecule has 0 spiro atoms. The van der Waals surface area contributed by atoms with Crippen LogP contribution in [0.2, 0.25) is 0 Å². The number of fused-ring (bicyclic) bond motifs is 1. The maximum atomic E-state index is 13.5. The fraction of sp³-hybridized carbons (Fsp3) is 0.0909. The molecule has 3 aromatic carbocycles. The van der Waals surface area contributed by atoms with Crippen LogP contribution >= 0.6 is 0 Å². The minimum Gasteiger partial charge on any atom is -0.508 e. The Morgan fingerprint density at radius 3 is 2.57 bits per heavy atom. The predicted octanol–water partition coefficient (Wildman–Crippen LogP) is 3.86. The summed E-state index contributed by atoms with van der Waals surface area (Å²) in [6.07, 6.45) is 0.407. The average Bonchev–Trinajstić information content (AvgIpc) is 2.68. The highest BCUT2D eigenvalue weighted by atomic mass is 19.1. The molecule has 4 aromatic rings. The van der Waals surface area contributed by atoms with E-state index < -0.39 is 0 Å². The normalized spacial score (nSPS) is 11.0. The fourth-order valence-corrected chi connectivity index (χ4v) is 3.22. The van der Waals surface area contributed by atoms with Crippen molar-refractivity contribution in [2.24, 2.45) is 0 Å². The van der Waals surface area contributed by atoms with Crippen molar-refractivity contribution in [3.8, 4) is 22.9 Å². The number of rotatable bonds is 4. The van der Waals surface area contributed by atoms with Crippen LogP contribution in [-0.4, -0.2) is 19.8 Å². The second kappa shape index (κ2) is 7.15. The highest BCUT2D eigenvalue weighted by Crippen LogP contribution is 2.28. The van der Waals surface area contributed by atoms with Crippen LogP contribution in [-0.2, 0) is 13.0 Å². The highest BCUT2D eigenvalue weighted by molar-refractivity contribution is 5.81. The standard InChI is InChI=1S/C22H17FN2O3/c23-15-5-3-4-14(12-15)10-11-25-21(17-6-1-2-7-20(17)27)24-19-9-8-16(26)13-18(19)22(25)28/h1-9,12-13,26-27H,10-11H2. The molecular formula is C22H17FN2O3. The van der Waals surface area contributed by atoms with Gasteiger partial charge in [-0.1, -0.05) is 24.3 Å². The van der Waals surface area contributed by atoms with Gasteiger partial charge >= 0.3 is 0 Å². The number of benzene rings is 3. The fourth-order valence-electron chi connectivity index (χ4n) is 3.22. The maximum Gasteiger partial charge on any atom is 0.261 e. The summed E-state index contributed by atoms with van der Waals surface area (Å²) < 4.78 is 14.9. The molecule has 0 aliphatic carbocycles. The first-order valence-electron chi connectivity index (χ1n) is 8.79. The molecular weight excluding hydrogens is 359 g/mol. The topological polar surface area (TPSA) is 75.3 Å². The first kappa shape index (κ1) is 17.7. The minimum absolute atomic E-state index is 0.00651. The third-order valence-electron chi connectivity index (χ3n) is 4.60. The Balaban J connectivity index is 1.88. The third kappa shape index (κ3) is 3.32. The van der Waals surface area contributed by atoms with Gasteiger partial charge in [0.2, 0.25) is 0 Å². The van der Waals surface area contributed by atoms with E-state index in [9.17, 15) is 19.4 Å². The van der Waals surface area contributed by atoms with Crippen LogP contribution in [0.15, 0.2) is 71.5 Å². The third-order valence-corrected chi connectivity index (χ3v) is 4.60. The first-order chi connectivity index (χ1) is 13.5. The lowest BCUT2D eigenvalue weighted by Crippen LogP contribution is -2.24. The van der Waals surface area contributed by atoms with Crippen molar-refractivity contribution in [2.75, 3.05) is 0 Å². The molecule has 28 heavy (non-hydrogen) atoms. The van der Waals surface area contributed by atoms with Gasteiger partial charge in [0.25, 0.3) is 5.56 Å². The molecule has 140 valence electrons. The van der Waals surface area contributed by atoms with Crippen molar-refractivity contribution in [2.45, 2.75) is 13.0 Å². The van der Waals surface area contributed by atoms with Gasteiger partial charge in [0, 0.05) is 6.54 Å². The highest BCUT2D eigenvalue weighted by Gasteiger charge is 2.16. The van der Waals surface area contributed by atoms with Gasteiger partial charge in [0.05, 0.1) is 16.5 Å². The Kier molecular flexibility index (Phi) is 4.53. The molecule has 4 rings (SSSR count). The molecule has 0 bridgehead atoms. The van der Waals surface area contributed by atoms with Crippen LogP contribution in [0.4, 0.5) is 4.39 Å². The Hall–Kier alpha value is -3.67. The minimum atomic E-state index is -0.340. The summed E-state index contributed by atoms with van der Waals surface area (Å²) in [4.78, 5) is 17.7. The molecule has 0 radical (unpaired) electrons. The van der Waals surface area contributed by atoms with E-state index in [1.165, 1.54) is 34.9 Å². The monoisotopic (exact) mass is 376 g/mol. The summed E-state index contributed by atoms with van der Waals surface area (Å²) in [5.41, 5.74) is 1.25. The van der Waals surface area contributed by atoms with Crippen molar-refractivity contribution >= 4 is 10.9 Å². The first-order valence-corrected chi connectivity index (χ1v) is 8.79. The Labute approximate surface area is 160 Å². The maximum absolute atomic E-state index is 13.5. The molecule has 0 atom stereocenters. The quantitative estimate of drug-likeness (QED) is 0.567. The SMILES string of the molecule is O=c1c2cc(O)ccc2nc(-c2ccccc2O)n1CCc1cccc(F)c1. The number of para-hydroxylation sites is 1. The molecule has 6 heteroatoms. The number of hydrogen-bond donors (Lipinski definition) is 2. The number of hydrogen-bond acceptors (Lipinski definition) is 4. The molecule has 0 aliphatic rings. The van der Waals surface area contributed by atoms with Gasteiger partial charge in [-0.05, 0) is 54.4 Å². The summed E-state index contributed by atoms with van der Waals surface area (Å²) in [5.74, 6) is -0.0459. The van der Waals surface area contributed by atoms with Gasteiger partial charge in [-0.2, -0.15) is 0 Å². The number of phenolic OH excluding ortho intramolecular Hbond substituents is 2. The zero-order valence-corrected chi connectivity index (χ0v) is 14.8. The lowest BCUT2D eigenvalue weighted by atomic mass is 10.1. The zero-order chi connectivity index (χ0) is 19.7. The van der Waals surface area contributed by atoms with E-state index in [2.05, 4.69) is 4.98 Å². The van der Waals surface area contributed by atoms with Crippen molar-refractivity contribution in [3.05, 3.63) is 88.5 Å². The molecule has 0 saturated carbocycles. The molecule has 1 heterocycles. The number of phenols is 2. The number of aromatic nitrogens is 2. The predicted molar refractivity (Wildman–Crippen MR) is 105 cm³/mol. The molecule has 0 saturated heterocycles. The zero-order valence-electron chi connectivity index (χ0n) is 14.8. The smallest absolute Gasteiger partial charge is 0.261 e. The number of aromatic hydroxyl groups is 2. The van der Waals surface area contributed by atoms with Crippen molar-refractivity contribution in [1.29, 1.82) is 0 Å². The van der Waals surface area contributed by atoms with E-state index in [1.807, 2.05) is 0 Å². The van der Waals surface area contributed by atoms with E-state index in [0.717, 1.165) is 5.56 Å². The van der Waals surface area contributed by atoms with Gasteiger partial charge in [-0.25, -0.2) is 9.37 Å². The largest absolute Gasteiger partial charge is 0.508 e. The molecule has 0 fully saturated rings. The van der Waals surface area contributed by atoms with Crippen molar-refractivity contribution in [3.63, 3.8) is 0 Å². The Morgan fingerprint density at radius 1 is 0.964 bits per heavy atom. The average molecular weight is 376 g/mol. The summed E-state index contributed by atoms with van der Waals surface area (Å²) in [6, 6.07) is 17.2. The van der Waals surface area contributed by atoms with Crippen LogP contribution in [0.5, 0.6) is 11.5 Å². The summed E-state index contributed by atoms with van der Waals surface area (Å²) in [7, 11) is 0. The van der Waals surface area contributed by atoms with E-state index in [4.69, 9.17) is 0 Å². The van der Waals surface area contributed by atoms with Crippen LogP contribution in [0.25, 0.3) is 22.3 Å². The van der Waals surface area contributed by atoms with E-state index in [0.29, 0.717) is 23.3 Å². The van der Waals surface area contributed by atoms with Gasteiger partial charge in [-0.15, -0.1) is 0 Å². The van der Waals surface area contributed by atoms with Gasteiger partial charge in [0.1, 0.15) is 23.1 Å². The van der Waals surface area contributed by atoms with Crippen LogP contribution in [0.3, 0.4) is 0 Å². The Morgan fingerprint density at radius 2 is 1.79 bits per heavy atom. The molecule has 5 nitrogen and oxygen atoms in total. The van der Waals surface area contributed by atoms with E-state index in [1.54, 1.807) is 36.4 Å². The van der Waals surface area contributed by atoms with Crippen LogP contribution in [0, 0.1) is 5.82 Å². The lowest BCUT2D eigenvalue weighted by Gasteiger charge is -2.15. The van der Waals surface area contributed by atoms with Gasteiger partial charge in [0.15, 0.2) is 0 Å². The molecule has 0 amide bonds. The second-order valence-electron chi connectivity index (χ2n) is 6.49.